The quantitative estimate of drug-likeness (QED) is 0.839. The predicted octanol–water partition coefficient (Wildman–Crippen LogP) is 2.34. The summed E-state index contributed by atoms with van der Waals surface area (Å²) in [4.78, 5) is 0.824. The van der Waals surface area contributed by atoms with Crippen molar-refractivity contribution < 1.29 is 13.7 Å². The van der Waals surface area contributed by atoms with E-state index in [0.717, 1.165) is 30.0 Å². The van der Waals surface area contributed by atoms with Gasteiger partial charge in [0.1, 0.15) is 13.2 Å². The molecule has 1 aromatic rings. The van der Waals surface area contributed by atoms with Gasteiger partial charge in [-0.2, -0.15) is 0 Å². The largest absolute Gasteiger partial charge is 0.486 e. The van der Waals surface area contributed by atoms with Crippen molar-refractivity contribution in [2.24, 2.45) is 0 Å². The van der Waals surface area contributed by atoms with E-state index >= 15 is 0 Å². The van der Waals surface area contributed by atoms with Crippen LogP contribution in [0.2, 0.25) is 0 Å². The van der Waals surface area contributed by atoms with Gasteiger partial charge in [-0.25, -0.2) is 0 Å². The summed E-state index contributed by atoms with van der Waals surface area (Å²) in [5.74, 6) is 2.15. The monoisotopic (exact) mass is 297 g/mol. The van der Waals surface area contributed by atoms with Gasteiger partial charge in [0.05, 0.1) is 10.8 Å². The van der Waals surface area contributed by atoms with E-state index in [-0.39, 0.29) is 0 Å². The Morgan fingerprint density at radius 3 is 2.80 bits per heavy atom. The van der Waals surface area contributed by atoms with E-state index in [9.17, 15) is 4.21 Å². The van der Waals surface area contributed by atoms with E-state index in [1.54, 1.807) is 0 Å². The van der Waals surface area contributed by atoms with Crippen molar-refractivity contribution in [3.05, 3.63) is 18.2 Å². The van der Waals surface area contributed by atoms with Crippen LogP contribution in [0, 0.1) is 0 Å². The summed E-state index contributed by atoms with van der Waals surface area (Å²) in [6.45, 7) is 6.38. The molecule has 0 aromatic heterocycles. The molecule has 1 aliphatic heterocycles. The number of rotatable bonds is 7. The molecular weight excluding hydrogens is 274 g/mol. The van der Waals surface area contributed by atoms with Crippen molar-refractivity contribution in [1.82, 2.24) is 5.32 Å². The van der Waals surface area contributed by atoms with Crippen molar-refractivity contribution in [2.45, 2.75) is 37.6 Å². The normalized spacial score (nSPS) is 16.7. The van der Waals surface area contributed by atoms with Crippen molar-refractivity contribution in [2.75, 3.05) is 25.5 Å². The van der Waals surface area contributed by atoms with Crippen molar-refractivity contribution in [3.8, 4) is 11.5 Å². The fraction of sp³-hybridized carbons (Fsp3) is 0.600. The summed E-state index contributed by atoms with van der Waals surface area (Å²) in [7, 11) is -0.965. The highest BCUT2D eigenvalue weighted by Crippen LogP contribution is 2.31. The summed E-state index contributed by atoms with van der Waals surface area (Å²) < 4.78 is 23.2. The van der Waals surface area contributed by atoms with Gasteiger partial charge < -0.3 is 14.8 Å². The van der Waals surface area contributed by atoms with Crippen LogP contribution in [0.1, 0.15) is 26.7 Å². The highest BCUT2D eigenvalue weighted by Gasteiger charge is 2.14. The first kappa shape index (κ1) is 15.3. The predicted molar refractivity (Wildman–Crippen MR) is 81.1 cm³/mol. The van der Waals surface area contributed by atoms with Gasteiger partial charge in [0, 0.05) is 22.8 Å². The zero-order chi connectivity index (χ0) is 14.4. The Morgan fingerprint density at radius 2 is 2.05 bits per heavy atom. The Labute approximate surface area is 123 Å². The molecule has 0 fully saturated rings. The van der Waals surface area contributed by atoms with Crippen LogP contribution in [0.4, 0.5) is 0 Å². The molecule has 1 N–H and O–H groups in total. The van der Waals surface area contributed by atoms with Crippen LogP contribution < -0.4 is 14.8 Å². The maximum absolute atomic E-state index is 12.3. The second-order valence-electron chi connectivity index (χ2n) is 4.96. The van der Waals surface area contributed by atoms with Crippen LogP contribution in [0.25, 0.3) is 0 Å². The summed E-state index contributed by atoms with van der Waals surface area (Å²) in [6, 6.07) is 6.05. The molecule has 0 spiro atoms. The number of benzene rings is 1. The van der Waals surface area contributed by atoms with Gasteiger partial charge in [-0.05, 0) is 38.4 Å². The molecule has 2 rings (SSSR count). The zero-order valence-corrected chi connectivity index (χ0v) is 13.0. The minimum absolute atomic E-state index is 0.484. The van der Waals surface area contributed by atoms with Crippen molar-refractivity contribution in [3.63, 3.8) is 0 Å². The van der Waals surface area contributed by atoms with Gasteiger partial charge in [-0.15, -0.1) is 0 Å². The maximum atomic E-state index is 12.3. The van der Waals surface area contributed by atoms with E-state index in [0.29, 0.717) is 30.8 Å². The lowest BCUT2D eigenvalue weighted by Crippen LogP contribution is -2.25. The molecule has 2 unspecified atom stereocenters. The molecule has 0 amide bonds. The van der Waals surface area contributed by atoms with Gasteiger partial charge in [0.2, 0.25) is 0 Å². The molecule has 2 atom stereocenters. The molecule has 0 aliphatic carbocycles. The lowest BCUT2D eigenvalue weighted by atomic mass is 10.2. The molecule has 0 bridgehead atoms. The molecule has 4 nitrogen and oxygen atoms in total. The third kappa shape index (κ3) is 4.21. The number of fused-ring (bicyclic) bond motifs is 1. The van der Waals surface area contributed by atoms with Gasteiger partial charge >= 0.3 is 0 Å². The lowest BCUT2D eigenvalue weighted by Gasteiger charge is -2.18. The molecule has 0 saturated carbocycles. The van der Waals surface area contributed by atoms with Crippen LogP contribution in [-0.4, -0.2) is 35.8 Å². The second kappa shape index (κ2) is 7.64. The Balaban J connectivity index is 1.86. The van der Waals surface area contributed by atoms with Gasteiger partial charge in [0.15, 0.2) is 11.5 Å². The smallest absolute Gasteiger partial charge is 0.162 e. The first-order valence-corrected chi connectivity index (χ1v) is 8.54. The number of hydrogen-bond acceptors (Lipinski definition) is 4. The van der Waals surface area contributed by atoms with Gasteiger partial charge in [-0.3, -0.25) is 4.21 Å². The van der Waals surface area contributed by atoms with Crippen LogP contribution in [0.5, 0.6) is 11.5 Å². The SMILES string of the molecule is CCNC(C)CCCS(=O)c1ccc2c(c1)OCCO2. The molecule has 5 heteroatoms. The Kier molecular flexibility index (Phi) is 5.86. The molecule has 0 radical (unpaired) electrons. The number of nitrogens with one attached hydrogen (secondary N) is 1. The van der Waals surface area contributed by atoms with E-state index in [2.05, 4.69) is 19.2 Å². The average molecular weight is 297 g/mol. The highest BCUT2D eigenvalue weighted by molar-refractivity contribution is 7.85. The van der Waals surface area contributed by atoms with Crippen LogP contribution in [-0.2, 0) is 10.8 Å². The highest BCUT2D eigenvalue weighted by atomic mass is 32.2. The first-order valence-electron chi connectivity index (χ1n) is 7.22. The Morgan fingerprint density at radius 1 is 1.30 bits per heavy atom. The number of hydrogen-bond donors (Lipinski definition) is 1. The fourth-order valence-electron chi connectivity index (χ4n) is 2.25. The third-order valence-corrected chi connectivity index (χ3v) is 4.74. The lowest BCUT2D eigenvalue weighted by molar-refractivity contribution is 0.171. The molecule has 1 aromatic carbocycles. The van der Waals surface area contributed by atoms with Crippen LogP contribution in [0.15, 0.2) is 23.1 Å². The molecule has 112 valence electrons. The molecule has 1 heterocycles. The third-order valence-electron chi connectivity index (χ3n) is 3.30. The van der Waals surface area contributed by atoms with Gasteiger partial charge in [-0.1, -0.05) is 6.92 Å². The molecular formula is C15H23NO3S. The molecule has 1 aliphatic rings. The number of ether oxygens (including phenoxy) is 2. The Bertz CT molecular complexity index is 464. The molecule has 0 saturated heterocycles. The van der Waals surface area contributed by atoms with Crippen molar-refractivity contribution >= 4 is 10.8 Å². The van der Waals surface area contributed by atoms with Crippen LogP contribution in [0.3, 0.4) is 0 Å². The standard InChI is InChI=1S/C15H23NO3S/c1-3-16-12(2)5-4-10-20(17)13-6-7-14-15(11-13)19-9-8-18-14/h6-7,11-12,16H,3-5,8-10H2,1-2H3. The van der Waals surface area contributed by atoms with E-state index in [4.69, 9.17) is 9.47 Å². The summed E-state index contributed by atoms with van der Waals surface area (Å²) in [5.41, 5.74) is 0. The first-order chi connectivity index (χ1) is 9.70. The van der Waals surface area contributed by atoms with Gasteiger partial charge in [0.25, 0.3) is 0 Å². The molecule has 20 heavy (non-hydrogen) atoms. The topological polar surface area (TPSA) is 47.6 Å². The summed E-state index contributed by atoms with van der Waals surface area (Å²) >= 11 is 0. The second-order valence-corrected chi connectivity index (χ2v) is 6.53. The minimum atomic E-state index is -0.965. The zero-order valence-electron chi connectivity index (χ0n) is 12.2. The fourth-order valence-corrected chi connectivity index (χ4v) is 3.38. The van der Waals surface area contributed by atoms with E-state index in [1.165, 1.54) is 0 Å². The van der Waals surface area contributed by atoms with Crippen molar-refractivity contribution in [1.29, 1.82) is 0 Å². The maximum Gasteiger partial charge on any atom is 0.162 e. The summed E-state index contributed by atoms with van der Waals surface area (Å²) in [6.07, 6.45) is 2.00. The minimum Gasteiger partial charge on any atom is -0.486 e. The Hall–Kier alpha value is -1.07. The average Bonchev–Trinajstić information content (AvgIpc) is 2.47. The van der Waals surface area contributed by atoms with E-state index < -0.39 is 10.8 Å². The summed E-state index contributed by atoms with van der Waals surface area (Å²) in [5, 5.41) is 3.36. The van der Waals surface area contributed by atoms with E-state index in [1.807, 2.05) is 18.2 Å². The van der Waals surface area contributed by atoms with Crippen LogP contribution >= 0.6 is 0 Å².